The fourth-order valence-electron chi connectivity index (χ4n) is 2.02. The molecule has 0 saturated heterocycles. The van der Waals surface area contributed by atoms with Gasteiger partial charge in [0, 0.05) is 20.0 Å². The Hall–Kier alpha value is -2.59. The number of nitrogens with one attached hydrogen (secondary N) is 2. The Morgan fingerprint density at radius 2 is 2.08 bits per heavy atom. The van der Waals surface area contributed by atoms with Gasteiger partial charge in [0.05, 0.1) is 6.57 Å². The Labute approximate surface area is 142 Å². The summed E-state index contributed by atoms with van der Waals surface area (Å²) in [5, 5.41) is 5.23. The summed E-state index contributed by atoms with van der Waals surface area (Å²) in [5.41, 5.74) is 1.10. The van der Waals surface area contributed by atoms with E-state index < -0.39 is 6.09 Å². The van der Waals surface area contributed by atoms with Crippen LogP contribution in [0.3, 0.4) is 0 Å². The first-order valence-electron chi connectivity index (χ1n) is 7.77. The molecule has 0 heterocycles. The molecule has 130 valence electrons. The Bertz CT molecular complexity index is 608. The van der Waals surface area contributed by atoms with E-state index in [1.54, 1.807) is 12.1 Å². The van der Waals surface area contributed by atoms with Gasteiger partial charge in [-0.05, 0) is 45.1 Å². The van der Waals surface area contributed by atoms with E-state index in [0.29, 0.717) is 30.8 Å². The summed E-state index contributed by atoms with van der Waals surface area (Å²) in [7, 11) is 5.44. The number of aryl methyl sites for hydroxylation is 1. The Morgan fingerprint density at radius 1 is 1.33 bits per heavy atom. The number of carbonyl (C=O) groups excluding carboxylic acids is 2. The molecule has 7 heteroatoms. The SMILES string of the molecule is [C-]#[N+]c1ccc(CCC(=O)NCCCN(C)C)c(OC(=O)NC)c1. The number of nitrogens with zero attached hydrogens (tertiary/aromatic N) is 2. The van der Waals surface area contributed by atoms with E-state index in [9.17, 15) is 9.59 Å². The molecule has 0 bridgehead atoms. The highest BCUT2D eigenvalue weighted by Gasteiger charge is 2.11. The molecule has 2 N–H and O–H groups in total. The lowest BCUT2D eigenvalue weighted by molar-refractivity contribution is -0.121. The number of hydrogen-bond acceptors (Lipinski definition) is 4. The second kappa shape index (κ2) is 10.2. The summed E-state index contributed by atoms with van der Waals surface area (Å²) in [6.45, 7) is 8.59. The molecule has 0 aromatic heterocycles. The quantitative estimate of drug-likeness (QED) is 0.564. The molecular weight excluding hydrogens is 308 g/mol. The van der Waals surface area contributed by atoms with Crippen LogP contribution in [0, 0.1) is 6.57 Å². The van der Waals surface area contributed by atoms with E-state index >= 15 is 0 Å². The van der Waals surface area contributed by atoms with Crippen molar-refractivity contribution in [2.24, 2.45) is 0 Å². The lowest BCUT2D eigenvalue weighted by Crippen LogP contribution is -2.27. The maximum Gasteiger partial charge on any atom is 0.412 e. The summed E-state index contributed by atoms with van der Waals surface area (Å²) < 4.78 is 5.16. The number of benzene rings is 1. The molecule has 0 aliphatic carbocycles. The molecule has 1 aromatic carbocycles. The van der Waals surface area contributed by atoms with Crippen LogP contribution in [0.5, 0.6) is 5.75 Å². The maximum atomic E-state index is 11.9. The van der Waals surface area contributed by atoms with Gasteiger partial charge < -0.3 is 20.3 Å². The number of hydrogen-bond donors (Lipinski definition) is 2. The Balaban J connectivity index is 2.58. The van der Waals surface area contributed by atoms with Crippen molar-refractivity contribution >= 4 is 17.7 Å². The molecule has 0 aliphatic heterocycles. The summed E-state index contributed by atoms with van der Waals surface area (Å²) in [4.78, 5) is 28.7. The van der Waals surface area contributed by atoms with Gasteiger partial charge in [0.25, 0.3) is 0 Å². The van der Waals surface area contributed by atoms with E-state index in [0.717, 1.165) is 18.5 Å². The molecule has 24 heavy (non-hydrogen) atoms. The van der Waals surface area contributed by atoms with Gasteiger partial charge in [0.2, 0.25) is 5.91 Å². The van der Waals surface area contributed by atoms with Crippen molar-refractivity contribution in [3.63, 3.8) is 0 Å². The highest BCUT2D eigenvalue weighted by atomic mass is 16.6. The van der Waals surface area contributed by atoms with Crippen molar-refractivity contribution in [1.82, 2.24) is 15.5 Å². The molecule has 0 saturated carbocycles. The highest BCUT2D eigenvalue weighted by Crippen LogP contribution is 2.26. The largest absolute Gasteiger partial charge is 0.412 e. The van der Waals surface area contributed by atoms with Crippen LogP contribution >= 0.6 is 0 Å². The van der Waals surface area contributed by atoms with Crippen molar-refractivity contribution < 1.29 is 14.3 Å². The predicted octanol–water partition coefficient (Wildman–Crippen LogP) is 1.96. The molecule has 0 spiro atoms. The number of amides is 2. The van der Waals surface area contributed by atoms with Gasteiger partial charge in [-0.25, -0.2) is 9.64 Å². The highest BCUT2D eigenvalue weighted by molar-refractivity contribution is 5.76. The topological polar surface area (TPSA) is 75.0 Å². The van der Waals surface area contributed by atoms with Crippen LogP contribution in [-0.4, -0.2) is 51.1 Å². The summed E-state index contributed by atoms with van der Waals surface area (Å²) in [5.74, 6) is 0.261. The van der Waals surface area contributed by atoms with Gasteiger partial charge >= 0.3 is 6.09 Å². The minimum atomic E-state index is -0.605. The molecule has 0 atom stereocenters. The summed E-state index contributed by atoms with van der Waals surface area (Å²) in [6.07, 6.45) is 1.02. The Kier molecular flexibility index (Phi) is 8.30. The van der Waals surface area contributed by atoms with Crippen LogP contribution in [0.25, 0.3) is 4.85 Å². The van der Waals surface area contributed by atoms with Crippen molar-refractivity contribution in [3.8, 4) is 5.75 Å². The van der Waals surface area contributed by atoms with Crippen molar-refractivity contribution in [2.45, 2.75) is 19.3 Å². The van der Waals surface area contributed by atoms with Crippen molar-refractivity contribution in [3.05, 3.63) is 35.2 Å². The maximum absolute atomic E-state index is 11.9. The molecule has 7 nitrogen and oxygen atoms in total. The van der Waals surface area contributed by atoms with Crippen molar-refractivity contribution in [2.75, 3.05) is 34.2 Å². The third kappa shape index (κ3) is 7.11. The lowest BCUT2D eigenvalue weighted by atomic mass is 10.1. The molecule has 2 amide bonds. The zero-order valence-electron chi connectivity index (χ0n) is 14.4. The van der Waals surface area contributed by atoms with E-state index in [1.165, 1.54) is 13.1 Å². The fraction of sp³-hybridized carbons (Fsp3) is 0.471. The second-order valence-electron chi connectivity index (χ2n) is 5.55. The molecule has 0 fully saturated rings. The molecule has 0 aliphatic rings. The zero-order chi connectivity index (χ0) is 17.9. The first-order chi connectivity index (χ1) is 11.5. The van der Waals surface area contributed by atoms with E-state index in [-0.39, 0.29) is 5.91 Å². The summed E-state index contributed by atoms with van der Waals surface area (Å²) in [6, 6.07) is 4.87. The lowest BCUT2D eigenvalue weighted by Gasteiger charge is -2.11. The van der Waals surface area contributed by atoms with E-state index in [1.807, 2.05) is 14.1 Å². The fourth-order valence-corrected chi connectivity index (χ4v) is 2.02. The third-order valence-electron chi connectivity index (χ3n) is 3.31. The predicted molar refractivity (Wildman–Crippen MR) is 92.3 cm³/mol. The number of carbonyl (C=O) groups is 2. The molecule has 1 rings (SSSR count). The van der Waals surface area contributed by atoms with E-state index in [2.05, 4.69) is 20.4 Å². The second-order valence-corrected chi connectivity index (χ2v) is 5.55. The van der Waals surface area contributed by atoms with Gasteiger partial charge in [-0.3, -0.25) is 4.79 Å². The van der Waals surface area contributed by atoms with Gasteiger partial charge in [0.1, 0.15) is 5.75 Å². The normalized spacial score (nSPS) is 10.1. The van der Waals surface area contributed by atoms with Crippen LogP contribution in [0.2, 0.25) is 0 Å². The van der Waals surface area contributed by atoms with Crippen LogP contribution in [-0.2, 0) is 11.2 Å². The van der Waals surface area contributed by atoms with Crippen LogP contribution < -0.4 is 15.4 Å². The molecule has 0 unspecified atom stereocenters. The minimum absolute atomic E-state index is 0.0473. The first kappa shape index (κ1) is 19.5. The minimum Gasteiger partial charge on any atom is -0.411 e. The average molecular weight is 332 g/mol. The van der Waals surface area contributed by atoms with Crippen molar-refractivity contribution in [1.29, 1.82) is 0 Å². The Morgan fingerprint density at radius 3 is 2.71 bits per heavy atom. The number of rotatable bonds is 8. The van der Waals surface area contributed by atoms with Gasteiger partial charge in [0.15, 0.2) is 5.69 Å². The van der Waals surface area contributed by atoms with E-state index in [4.69, 9.17) is 11.3 Å². The van der Waals surface area contributed by atoms with Crippen LogP contribution in [0.1, 0.15) is 18.4 Å². The average Bonchev–Trinajstić information content (AvgIpc) is 2.57. The van der Waals surface area contributed by atoms with Gasteiger partial charge in [-0.15, -0.1) is 0 Å². The smallest absolute Gasteiger partial charge is 0.411 e. The van der Waals surface area contributed by atoms with Gasteiger partial charge in [-0.2, -0.15) is 0 Å². The molecule has 0 radical (unpaired) electrons. The van der Waals surface area contributed by atoms with Crippen LogP contribution in [0.15, 0.2) is 18.2 Å². The molecule has 1 aromatic rings. The van der Waals surface area contributed by atoms with Crippen LogP contribution in [0.4, 0.5) is 10.5 Å². The molecular formula is C17H24N4O3. The number of ether oxygens (including phenoxy) is 1. The van der Waals surface area contributed by atoms with Gasteiger partial charge in [-0.1, -0.05) is 12.1 Å². The zero-order valence-corrected chi connectivity index (χ0v) is 14.4. The summed E-state index contributed by atoms with van der Waals surface area (Å²) >= 11 is 0. The first-order valence-corrected chi connectivity index (χ1v) is 7.77. The monoisotopic (exact) mass is 332 g/mol. The standard InChI is InChI=1S/C17H24N4O3/c1-18-14-8-6-13(15(12-14)24-17(23)19-2)7-9-16(22)20-10-5-11-21(3)4/h6,8,12H,5,7,9-11H2,2-4H3,(H,19,23)(H,20,22). The third-order valence-corrected chi connectivity index (χ3v) is 3.31.